The van der Waals surface area contributed by atoms with Gasteiger partial charge in [-0.1, -0.05) is 0 Å². The number of nitrogens with one attached hydrogen (secondary N) is 1. The molecule has 1 unspecified atom stereocenters. The SMILES string of the molecule is O=C(O)CCSC1CCCNC(=O)C1. The van der Waals surface area contributed by atoms with E-state index in [0.717, 1.165) is 19.4 Å². The lowest BCUT2D eigenvalue weighted by Crippen LogP contribution is -2.23. The molecule has 0 aromatic heterocycles. The van der Waals surface area contributed by atoms with E-state index in [2.05, 4.69) is 5.32 Å². The van der Waals surface area contributed by atoms with Crippen LogP contribution in [-0.4, -0.2) is 34.5 Å². The van der Waals surface area contributed by atoms with Gasteiger partial charge in [0, 0.05) is 24.0 Å². The predicted molar refractivity (Wildman–Crippen MR) is 55.4 cm³/mol. The van der Waals surface area contributed by atoms with Gasteiger partial charge in [0.25, 0.3) is 0 Å². The van der Waals surface area contributed by atoms with Crippen molar-refractivity contribution in [2.75, 3.05) is 12.3 Å². The van der Waals surface area contributed by atoms with Gasteiger partial charge in [-0.3, -0.25) is 9.59 Å². The van der Waals surface area contributed by atoms with E-state index in [1.165, 1.54) is 0 Å². The van der Waals surface area contributed by atoms with Crippen molar-refractivity contribution in [1.82, 2.24) is 5.32 Å². The summed E-state index contributed by atoms with van der Waals surface area (Å²) in [5.74, 6) is -0.0706. The molecule has 1 fully saturated rings. The van der Waals surface area contributed by atoms with Crippen LogP contribution in [0.2, 0.25) is 0 Å². The first-order valence-corrected chi connectivity index (χ1v) is 5.83. The van der Waals surface area contributed by atoms with Crippen LogP contribution in [0.5, 0.6) is 0 Å². The van der Waals surface area contributed by atoms with Gasteiger partial charge in [0.05, 0.1) is 6.42 Å². The van der Waals surface area contributed by atoms with Gasteiger partial charge in [-0.2, -0.15) is 11.8 Å². The van der Waals surface area contributed by atoms with Crippen LogP contribution in [0.3, 0.4) is 0 Å². The number of carboxylic acids is 1. The third kappa shape index (κ3) is 4.50. The molecule has 2 N–H and O–H groups in total. The highest BCUT2D eigenvalue weighted by molar-refractivity contribution is 7.99. The highest BCUT2D eigenvalue weighted by atomic mass is 32.2. The first-order valence-electron chi connectivity index (χ1n) is 4.78. The van der Waals surface area contributed by atoms with Gasteiger partial charge in [0.2, 0.25) is 5.91 Å². The monoisotopic (exact) mass is 217 g/mol. The number of amides is 1. The number of carboxylic acid groups (broad SMARTS) is 1. The van der Waals surface area contributed by atoms with Crippen LogP contribution in [0, 0.1) is 0 Å². The maximum absolute atomic E-state index is 11.1. The molecule has 14 heavy (non-hydrogen) atoms. The Kier molecular flexibility index (Phi) is 4.79. The molecule has 1 heterocycles. The summed E-state index contributed by atoms with van der Waals surface area (Å²) in [6.45, 7) is 0.759. The van der Waals surface area contributed by atoms with E-state index in [-0.39, 0.29) is 12.3 Å². The zero-order chi connectivity index (χ0) is 10.4. The molecule has 5 heteroatoms. The number of hydrogen-bond donors (Lipinski definition) is 2. The molecular formula is C9H15NO3S. The van der Waals surface area contributed by atoms with Gasteiger partial charge < -0.3 is 10.4 Å². The summed E-state index contributed by atoms with van der Waals surface area (Å²) in [6, 6.07) is 0. The molecule has 0 bridgehead atoms. The average molecular weight is 217 g/mol. The molecule has 80 valence electrons. The van der Waals surface area contributed by atoms with Gasteiger partial charge in [-0.05, 0) is 12.8 Å². The van der Waals surface area contributed by atoms with Crippen LogP contribution < -0.4 is 5.32 Å². The molecule has 0 radical (unpaired) electrons. The fourth-order valence-electron chi connectivity index (χ4n) is 1.39. The van der Waals surface area contributed by atoms with Crippen molar-refractivity contribution < 1.29 is 14.7 Å². The quantitative estimate of drug-likeness (QED) is 0.733. The van der Waals surface area contributed by atoms with Gasteiger partial charge in [0.15, 0.2) is 0 Å². The summed E-state index contributed by atoms with van der Waals surface area (Å²) < 4.78 is 0. The highest BCUT2D eigenvalue weighted by Crippen LogP contribution is 2.22. The first-order chi connectivity index (χ1) is 6.68. The van der Waals surface area contributed by atoms with Crippen molar-refractivity contribution in [3.05, 3.63) is 0 Å². The van der Waals surface area contributed by atoms with Gasteiger partial charge in [-0.15, -0.1) is 0 Å². The smallest absolute Gasteiger partial charge is 0.304 e. The summed E-state index contributed by atoms with van der Waals surface area (Å²) in [6.07, 6.45) is 2.71. The van der Waals surface area contributed by atoms with Crippen LogP contribution in [0.4, 0.5) is 0 Å². The fourth-order valence-corrected chi connectivity index (χ4v) is 2.62. The molecule has 0 spiro atoms. The number of hydrogen-bond acceptors (Lipinski definition) is 3. The standard InChI is InChI=1S/C9H15NO3S/c11-8-6-7(2-1-4-10-8)14-5-3-9(12)13/h7H,1-6H2,(H,10,11)(H,12,13). The Morgan fingerprint density at radius 3 is 3.14 bits per heavy atom. The number of aliphatic carboxylic acids is 1. The van der Waals surface area contributed by atoms with Crippen LogP contribution in [0.25, 0.3) is 0 Å². The van der Waals surface area contributed by atoms with Crippen LogP contribution in [0.1, 0.15) is 25.7 Å². The summed E-state index contributed by atoms with van der Waals surface area (Å²) in [7, 11) is 0. The van der Waals surface area contributed by atoms with E-state index in [9.17, 15) is 9.59 Å². The van der Waals surface area contributed by atoms with E-state index < -0.39 is 5.97 Å². The Morgan fingerprint density at radius 2 is 2.43 bits per heavy atom. The molecule has 0 saturated carbocycles. The van der Waals surface area contributed by atoms with Crippen LogP contribution >= 0.6 is 11.8 Å². The molecule has 0 aromatic rings. The van der Waals surface area contributed by atoms with Crippen LogP contribution in [-0.2, 0) is 9.59 Å². The topological polar surface area (TPSA) is 66.4 Å². The summed E-state index contributed by atoms with van der Waals surface area (Å²) in [4.78, 5) is 21.4. The molecule has 4 nitrogen and oxygen atoms in total. The second-order valence-corrected chi connectivity index (χ2v) is 4.74. The fraction of sp³-hybridized carbons (Fsp3) is 0.778. The van der Waals surface area contributed by atoms with E-state index >= 15 is 0 Å². The van der Waals surface area contributed by atoms with Crippen LogP contribution in [0.15, 0.2) is 0 Å². The third-order valence-corrected chi connectivity index (χ3v) is 3.42. The summed E-state index contributed by atoms with van der Waals surface area (Å²) >= 11 is 1.60. The summed E-state index contributed by atoms with van der Waals surface area (Å²) in [5, 5.41) is 11.6. The predicted octanol–water partition coefficient (Wildman–Crippen LogP) is 0.863. The number of carbonyl (C=O) groups is 2. The number of rotatable bonds is 4. The Labute approximate surface area is 87.4 Å². The normalized spacial score (nSPS) is 22.6. The van der Waals surface area contributed by atoms with Crippen molar-refractivity contribution >= 4 is 23.6 Å². The van der Waals surface area contributed by atoms with Gasteiger partial charge in [-0.25, -0.2) is 0 Å². The third-order valence-electron chi connectivity index (χ3n) is 2.11. The van der Waals surface area contributed by atoms with Crippen molar-refractivity contribution in [3.63, 3.8) is 0 Å². The highest BCUT2D eigenvalue weighted by Gasteiger charge is 2.17. The van der Waals surface area contributed by atoms with E-state index in [1.807, 2.05) is 0 Å². The van der Waals surface area contributed by atoms with Crippen molar-refractivity contribution in [2.24, 2.45) is 0 Å². The maximum atomic E-state index is 11.1. The zero-order valence-electron chi connectivity index (χ0n) is 7.99. The lowest BCUT2D eigenvalue weighted by atomic mass is 10.2. The Morgan fingerprint density at radius 1 is 1.64 bits per heavy atom. The average Bonchev–Trinajstić information content (AvgIpc) is 2.29. The molecule has 1 aliphatic rings. The second kappa shape index (κ2) is 5.90. The van der Waals surface area contributed by atoms with E-state index in [1.54, 1.807) is 11.8 Å². The molecule has 1 atom stereocenters. The van der Waals surface area contributed by atoms with Gasteiger partial charge >= 0.3 is 5.97 Å². The second-order valence-electron chi connectivity index (χ2n) is 3.33. The Bertz CT molecular complexity index is 220. The zero-order valence-corrected chi connectivity index (χ0v) is 8.81. The molecular weight excluding hydrogens is 202 g/mol. The number of thioether (sulfide) groups is 1. The Hall–Kier alpha value is -0.710. The minimum atomic E-state index is -0.768. The molecule has 1 amide bonds. The van der Waals surface area contributed by atoms with Crippen molar-refractivity contribution in [2.45, 2.75) is 30.9 Å². The molecule has 1 saturated heterocycles. The largest absolute Gasteiger partial charge is 0.481 e. The Balaban J connectivity index is 2.21. The molecule has 1 aliphatic heterocycles. The molecule has 0 aliphatic carbocycles. The van der Waals surface area contributed by atoms with E-state index in [0.29, 0.717) is 17.4 Å². The van der Waals surface area contributed by atoms with Crippen molar-refractivity contribution in [1.29, 1.82) is 0 Å². The minimum Gasteiger partial charge on any atom is -0.481 e. The first kappa shape index (κ1) is 11.4. The summed E-state index contributed by atoms with van der Waals surface area (Å²) in [5.41, 5.74) is 0. The van der Waals surface area contributed by atoms with E-state index in [4.69, 9.17) is 5.11 Å². The maximum Gasteiger partial charge on any atom is 0.304 e. The van der Waals surface area contributed by atoms with Gasteiger partial charge in [0.1, 0.15) is 0 Å². The van der Waals surface area contributed by atoms with Crippen molar-refractivity contribution in [3.8, 4) is 0 Å². The lowest BCUT2D eigenvalue weighted by molar-refractivity contribution is -0.136. The molecule has 1 rings (SSSR count). The number of carbonyl (C=O) groups excluding carboxylic acids is 1. The minimum absolute atomic E-state index is 0.0929. The lowest BCUT2D eigenvalue weighted by Gasteiger charge is -2.10. The molecule has 0 aromatic carbocycles.